The number of hydrogen-bond donors (Lipinski definition) is 1. The van der Waals surface area contributed by atoms with Gasteiger partial charge in [0.15, 0.2) is 0 Å². The van der Waals surface area contributed by atoms with E-state index in [-0.39, 0.29) is 16.9 Å². The van der Waals surface area contributed by atoms with Crippen LogP contribution in [0.2, 0.25) is 0 Å². The molecule has 0 saturated carbocycles. The van der Waals surface area contributed by atoms with Crippen molar-refractivity contribution in [3.05, 3.63) is 23.9 Å². The highest BCUT2D eigenvalue weighted by atomic mass is 79.9. The Hall–Kier alpha value is -0.770. The SMILES string of the molecule is CC1CN2C(=CC=CC2Br)CC(=O)N1. The van der Waals surface area contributed by atoms with Gasteiger partial charge in [-0.2, -0.15) is 0 Å². The maximum Gasteiger partial charge on any atom is 0.226 e. The summed E-state index contributed by atoms with van der Waals surface area (Å²) in [6.07, 6.45) is 6.56. The summed E-state index contributed by atoms with van der Waals surface area (Å²) in [6, 6.07) is 0.208. The molecular weight excluding hydrogens is 244 g/mol. The molecule has 76 valence electrons. The first-order valence-electron chi connectivity index (χ1n) is 4.74. The van der Waals surface area contributed by atoms with Gasteiger partial charge in [0.2, 0.25) is 5.91 Å². The lowest BCUT2D eigenvalue weighted by Crippen LogP contribution is -2.39. The number of fused-ring (bicyclic) bond motifs is 1. The van der Waals surface area contributed by atoms with E-state index in [9.17, 15) is 4.79 Å². The van der Waals surface area contributed by atoms with E-state index in [0.29, 0.717) is 6.42 Å². The molecule has 3 nitrogen and oxygen atoms in total. The first kappa shape index (κ1) is 9.77. The van der Waals surface area contributed by atoms with E-state index in [1.165, 1.54) is 0 Å². The molecule has 0 bridgehead atoms. The van der Waals surface area contributed by atoms with Crippen LogP contribution in [0.5, 0.6) is 0 Å². The van der Waals surface area contributed by atoms with Crippen LogP contribution in [0, 0.1) is 0 Å². The topological polar surface area (TPSA) is 32.3 Å². The van der Waals surface area contributed by atoms with E-state index in [1.807, 2.05) is 19.1 Å². The largest absolute Gasteiger partial charge is 0.356 e. The Morgan fingerprint density at radius 1 is 1.64 bits per heavy atom. The van der Waals surface area contributed by atoms with Crippen LogP contribution in [0.25, 0.3) is 0 Å². The Bertz CT molecular complexity index is 311. The third kappa shape index (κ3) is 1.85. The Labute approximate surface area is 92.0 Å². The van der Waals surface area contributed by atoms with Crippen molar-refractivity contribution in [2.45, 2.75) is 24.3 Å². The van der Waals surface area contributed by atoms with Gasteiger partial charge in [-0.05, 0) is 13.0 Å². The van der Waals surface area contributed by atoms with E-state index in [1.54, 1.807) is 0 Å². The van der Waals surface area contributed by atoms with Gasteiger partial charge < -0.3 is 10.2 Å². The number of halogens is 1. The third-order valence-corrected chi connectivity index (χ3v) is 3.24. The first-order chi connectivity index (χ1) is 6.66. The highest BCUT2D eigenvalue weighted by molar-refractivity contribution is 9.09. The van der Waals surface area contributed by atoms with Crippen molar-refractivity contribution in [3.8, 4) is 0 Å². The second-order valence-corrected chi connectivity index (χ2v) is 4.65. The number of nitrogens with zero attached hydrogens (tertiary/aromatic N) is 1. The Kier molecular flexibility index (Phi) is 2.63. The second kappa shape index (κ2) is 3.77. The molecule has 0 aromatic heterocycles. The molecule has 14 heavy (non-hydrogen) atoms. The van der Waals surface area contributed by atoms with Gasteiger partial charge in [-0.25, -0.2) is 0 Å². The molecule has 0 radical (unpaired) electrons. The fourth-order valence-corrected chi connectivity index (χ4v) is 2.43. The molecule has 2 rings (SSSR count). The molecule has 1 amide bonds. The molecule has 2 aliphatic heterocycles. The van der Waals surface area contributed by atoms with E-state index in [2.05, 4.69) is 32.2 Å². The Balaban J connectivity index is 2.24. The van der Waals surface area contributed by atoms with E-state index >= 15 is 0 Å². The van der Waals surface area contributed by atoms with Crippen molar-refractivity contribution < 1.29 is 4.79 Å². The zero-order valence-electron chi connectivity index (χ0n) is 8.03. The predicted molar refractivity (Wildman–Crippen MR) is 58.9 cm³/mol. The van der Waals surface area contributed by atoms with Gasteiger partial charge in [0.05, 0.1) is 6.42 Å². The standard InChI is InChI=1S/C10H13BrN2O/c1-7-6-13-8(5-10(14)12-7)3-2-4-9(13)11/h2-4,7,9H,5-6H2,1H3,(H,12,14). The third-order valence-electron chi connectivity index (χ3n) is 2.44. The van der Waals surface area contributed by atoms with Gasteiger partial charge in [-0.15, -0.1) is 0 Å². The smallest absolute Gasteiger partial charge is 0.226 e. The minimum atomic E-state index is 0.112. The number of rotatable bonds is 0. The van der Waals surface area contributed by atoms with Crippen molar-refractivity contribution in [1.29, 1.82) is 0 Å². The monoisotopic (exact) mass is 256 g/mol. The fourth-order valence-electron chi connectivity index (χ4n) is 1.83. The first-order valence-corrected chi connectivity index (χ1v) is 5.66. The minimum absolute atomic E-state index is 0.112. The van der Waals surface area contributed by atoms with Crippen LogP contribution in [0.4, 0.5) is 0 Å². The number of carbonyl (C=O) groups excluding carboxylic acids is 1. The average molecular weight is 257 g/mol. The van der Waals surface area contributed by atoms with Crippen LogP contribution in [0.15, 0.2) is 23.9 Å². The summed E-state index contributed by atoms with van der Waals surface area (Å²) in [5.74, 6) is 0.112. The molecular formula is C10H13BrN2O. The number of hydrogen-bond acceptors (Lipinski definition) is 2. The number of alkyl halides is 1. The number of nitrogens with one attached hydrogen (secondary N) is 1. The molecule has 0 aliphatic carbocycles. The molecule has 0 spiro atoms. The molecule has 0 aromatic carbocycles. The van der Waals surface area contributed by atoms with Gasteiger partial charge in [-0.3, -0.25) is 4.79 Å². The van der Waals surface area contributed by atoms with Gasteiger partial charge >= 0.3 is 0 Å². The Morgan fingerprint density at radius 2 is 2.43 bits per heavy atom. The molecule has 1 saturated heterocycles. The lowest BCUT2D eigenvalue weighted by atomic mass is 10.2. The number of amides is 1. The summed E-state index contributed by atoms with van der Waals surface area (Å²) in [5.41, 5.74) is 1.09. The lowest BCUT2D eigenvalue weighted by Gasteiger charge is -2.31. The minimum Gasteiger partial charge on any atom is -0.356 e. The van der Waals surface area contributed by atoms with E-state index in [4.69, 9.17) is 0 Å². The molecule has 2 atom stereocenters. The maximum atomic E-state index is 11.4. The van der Waals surface area contributed by atoms with E-state index < -0.39 is 0 Å². The van der Waals surface area contributed by atoms with E-state index in [0.717, 1.165) is 12.2 Å². The summed E-state index contributed by atoms with van der Waals surface area (Å²) in [7, 11) is 0. The van der Waals surface area contributed by atoms with Crippen molar-refractivity contribution in [1.82, 2.24) is 10.2 Å². The summed E-state index contributed by atoms with van der Waals surface area (Å²) < 4.78 is 0. The maximum absolute atomic E-state index is 11.4. The zero-order valence-corrected chi connectivity index (χ0v) is 9.62. The van der Waals surface area contributed by atoms with Crippen LogP contribution >= 0.6 is 15.9 Å². The van der Waals surface area contributed by atoms with Crippen molar-refractivity contribution >= 4 is 21.8 Å². The summed E-state index contributed by atoms with van der Waals surface area (Å²) in [5, 5.41) is 2.95. The normalized spacial score (nSPS) is 31.7. The fraction of sp³-hybridized carbons (Fsp3) is 0.500. The van der Waals surface area contributed by atoms with Gasteiger partial charge in [-0.1, -0.05) is 28.1 Å². The Morgan fingerprint density at radius 3 is 3.21 bits per heavy atom. The number of carbonyl (C=O) groups is 1. The molecule has 2 aliphatic rings. The van der Waals surface area contributed by atoms with Gasteiger partial charge in [0.1, 0.15) is 4.95 Å². The summed E-state index contributed by atoms with van der Waals surface area (Å²) >= 11 is 3.57. The van der Waals surface area contributed by atoms with Crippen molar-refractivity contribution in [3.63, 3.8) is 0 Å². The molecule has 1 N–H and O–H groups in total. The molecule has 0 aromatic rings. The molecule has 2 unspecified atom stereocenters. The molecule has 4 heteroatoms. The van der Waals surface area contributed by atoms with Crippen LogP contribution in [-0.2, 0) is 4.79 Å². The van der Waals surface area contributed by atoms with Crippen LogP contribution in [-0.4, -0.2) is 28.3 Å². The number of allylic oxidation sites excluding steroid dienone is 2. The summed E-state index contributed by atoms with van der Waals surface area (Å²) in [6.45, 7) is 2.89. The lowest BCUT2D eigenvalue weighted by molar-refractivity contribution is -0.120. The van der Waals surface area contributed by atoms with Crippen LogP contribution in [0.3, 0.4) is 0 Å². The van der Waals surface area contributed by atoms with Crippen LogP contribution in [0.1, 0.15) is 13.3 Å². The van der Waals surface area contributed by atoms with Gasteiger partial charge in [0.25, 0.3) is 0 Å². The van der Waals surface area contributed by atoms with Crippen LogP contribution < -0.4 is 5.32 Å². The second-order valence-electron chi connectivity index (χ2n) is 3.71. The summed E-state index contributed by atoms with van der Waals surface area (Å²) in [4.78, 5) is 13.9. The highest BCUT2D eigenvalue weighted by Crippen LogP contribution is 2.24. The van der Waals surface area contributed by atoms with Gasteiger partial charge in [0, 0.05) is 18.3 Å². The zero-order chi connectivity index (χ0) is 10.1. The quantitative estimate of drug-likeness (QED) is 0.525. The van der Waals surface area contributed by atoms with Crippen molar-refractivity contribution in [2.24, 2.45) is 0 Å². The molecule has 1 fully saturated rings. The average Bonchev–Trinajstić information content (AvgIpc) is 2.23. The van der Waals surface area contributed by atoms with Crippen molar-refractivity contribution in [2.75, 3.05) is 6.54 Å². The predicted octanol–water partition coefficient (Wildman–Crippen LogP) is 1.37. The highest BCUT2D eigenvalue weighted by Gasteiger charge is 2.26. The molecule has 2 heterocycles.